The van der Waals surface area contributed by atoms with Gasteiger partial charge in [-0.2, -0.15) is 0 Å². The van der Waals surface area contributed by atoms with Gasteiger partial charge in [-0.05, 0) is 105 Å². The lowest BCUT2D eigenvalue weighted by Crippen LogP contribution is -2.29. The number of anilines is 1. The van der Waals surface area contributed by atoms with Crippen LogP contribution in [0.4, 0.5) is 10.1 Å². The van der Waals surface area contributed by atoms with Gasteiger partial charge in [-0.25, -0.2) is 9.18 Å². The molecule has 2 N–H and O–H groups in total. The van der Waals surface area contributed by atoms with E-state index in [1.807, 2.05) is 49.9 Å². The van der Waals surface area contributed by atoms with Crippen LogP contribution in [0.25, 0.3) is 5.69 Å². The van der Waals surface area contributed by atoms with Crippen LogP contribution in [-0.4, -0.2) is 25.7 Å². The third kappa shape index (κ3) is 4.27. The quantitative estimate of drug-likeness (QED) is 0.313. The second-order valence-corrected chi connectivity index (χ2v) is 9.79. The molecule has 8 heteroatoms. The average Bonchev–Trinajstić information content (AvgIpc) is 3.36. The Bertz CT molecular complexity index is 1530. The zero-order valence-electron chi connectivity index (χ0n) is 21.0. The van der Waals surface area contributed by atoms with Crippen molar-refractivity contribution in [2.24, 2.45) is 0 Å². The number of nitrogens with zero attached hydrogens (tertiary/aromatic N) is 3. The van der Waals surface area contributed by atoms with Crippen LogP contribution < -0.4 is 10.2 Å². The van der Waals surface area contributed by atoms with E-state index >= 15 is 0 Å². The van der Waals surface area contributed by atoms with E-state index in [-0.39, 0.29) is 23.5 Å². The Kier molecular flexibility index (Phi) is 6.29. The third-order valence-corrected chi connectivity index (χ3v) is 7.32. The van der Waals surface area contributed by atoms with Crippen molar-refractivity contribution in [3.05, 3.63) is 112 Å². The van der Waals surface area contributed by atoms with Crippen molar-refractivity contribution in [1.29, 1.82) is 0 Å². The van der Waals surface area contributed by atoms with E-state index in [1.165, 1.54) is 6.07 Å². The molecule has 2 aromatic carbocycles. The Morgan fingerprint density at radius 2 is 1.81 bits per heavy atom. The number of hydrogen-bond acceptors (Lipinski definition) is 3. The molecule has 2 unspecified atom stereocenters. The van der Waals surface area contributed by atoms with Gasteiger partial charge in [0.05, 0.1) is 23.3 Å². The maximum Gasteiger partial charge on any atom is 0.335 e. The highest BCUT2D eigenvalue weighted by atomic mass is 32.1. The van der Waals surface area contributed by atoms with Gasteiger partial charge < -0.3 is 19.9 Å². The number of pyridine rings is 1. The Balaban J connectivity index is 1.71. The van der Waals surface area contributed by atoms with Crippen LogP contribution in [0.2, 0.25) is 0 Å². The molecule has 5 rings (SSSR count). The highest BCUT2D eigenvalue weighted by Crippen LogP contribution is 2.44. The predicted octanol–water partition coefficient (Wildman–Crippen LogP) is 6.12. The molecule has 4 aromatic rings. The van der Waals surface area contributed by atoms with Gasteiger partial charge in [0.2, 0.25) is 0 Å². The van der Waals surface area contributed by atoms with Crippen molar-refractivity contribution in [3.8, 4) is 5.69 Å². The van der Waals surface area contributed by atoms with Crippen molar-refractivity contribution in [2.45, 2.75) is 39.8 Å². The summed E-state index contributed by atoms with van der Waals surface area (Å²) < 4.78 is 16.2. The molecule has 1 aliphatic rings. The van der Waals surface area contributed by atoms with Crippen molar-refractivity contribution >= 4 is 29.0 Å². The standard InChI is InChI=1S/C29H27FN4O2S/c1-16-8-9-20(28(35)36)15-25(16)33-18(3)14-22(19(33)4)27-26(24-7-5-6-12-31-24)32-29(37)34(27)21-10-11-23(30)17(2)13-21/h5-15,26-27H,1-4H3,(H,32,37)(H,35,36). The molecule has 0 aliphatic carbocycles. The third-order valence-electron chi connectivity index (χ3n) is 7.00. The largest absolute Gasteiger partial charge is 0.478 e. The summed E-state index contributed by atoms with van der Waals surface area (Å²) in [5, 5.41) is 13.6. The number of hydrogen-bond donors (Lipinski definition) is 2. The summed E-state index contributed by atoms with van der Waals surface area (Å²) in [6, 6.07) is 17.5. The minimum absolute atomic E-state index is 0.230. The second kappa shape index (κ2) is 9.44. The zero-order chi connectivity index (χ0) is 26.4. The van der Waals surface area contributed by atoms with Crippen molar-refractivity contribution in [1.82, 2.24) is 14.9 Å². The Hall–Kier alpha value is -4.04. The average molecular weight is 515 g/mol. The van der Waals surface area contributed by atoms with Crippen LogP contribution >= 0.6 is 12.2 Å². The maximum absolute atomic E-state index is 14.2. The molecule has 3 heterocycles. The van der Waals surface area contributed by atoms with E-state index in [9.17, 15) is 14.3 Å². The fourth-order valence-electron chi connectivity index (χ4n) is 5.17. The molecule has 1 fully saturated rings. The van der Waals surface area contributed by atoms with Gasteiger partial charge in [-0.15, -0.1) is 0 Å². The van der Waals surface area contributed by atoms with E-state index in [4.69, 9.17) is 12.2 Å². The molecule has 1 aliphatic heterocycles. The maximum atomic E-state index is 14.2. The molecule has 0 radical (unpaired) electrons. The number of carboxylic acid groups (broad SMARTS) is 1. The molecule has 2 atom stereocenters. The molecule has 1 saturated heterocycles. The lowest BCUT2D eigenvalue weighted by molar-refractivity contribution is 0.0697. The summed E-state index contributed by atoms with van der Waals surface area (Å²) in [7, 11) is 0. The van der Waals surface area contributed by atoms with Gasteiger partial charge in [-0.1, -0.05) is 12.1 Å². The smallest absolute Gasteiger partial charge is 0.335 e. The summed E-state index contributed by atoms with van der Waals surface area (Å²) in [5.74, 6) is -1.24. The molecule has 188 valence electrons. The lowest BCUT2D eigenvalue weighted by atomic mass is 9.96. The SMILES string of the molecule is Cc1cc(N2C(=S)NC(c3ccccn3)C2c2cc(C)n(-c3cc(C(=O)O)ccc3C)c2C)ccc1F. The number of thiocarbonyl (C=S) groups is 1. The van der Waals surface area contributed by atoms with Crippen LogP contribution in [-0.2, 0) is 0 Å². The van der Waals surface area contributed by atoms with Crippen molar-refractivity contribution < 1.29 is 14.3 Å². The van der Waals surface area contributed by atoms with Crippen LogP contribution in [0.5, 0.6) is 0 Å². The Morgan fingerprint density at radius 1 is 1.03 bits per heavy atom. The number of carboxylic acids is 1. The first-order chi connectivity index (χ1) is 17.7. The monoisotopic (exact) mass is 514 g/mol. The molecule has 0 amide bonds. The molecule has 0 saturated carbocycles. The van der Waals surface area contributed by atoms with Gasteiger partial charge in [0.15, 0.2) is 5.11 Å². The highest BCUT2D eigenvalue weighted by molar-refractivity contribution is 7.80. The van der Waals surface area contributed by atoms with Crippen molar-refractivity contribution in [3.63, 3.8) is 0 Å². The van der Waals surface area contributed by atoms with E-state index < -0.39 is 5.97 Å². The number of halogens is 1. The molecule has 6 nitrogen and oxygen atoms in total. The molecular weight excluding hydrogens is 487 g/mol. The first kappa shape index (κ1) is 24.6. The van der Waals surface area contributed by atoms with Gasteiger partial charge in [0.25, 0.3) is 0 Å². The summed E-state index contributed by atoms with van der Waals surface area (Å²) in [6.45, 7) is 7.74. The van der Waals surface area contributed by atoms with Gasteiger partial charge in [0.1, 0.15) is 5.82 Å². The number of aromatic nitrogens is 2. The number of nitrogens with one attached hydrogen (secondary N) is 1. The second-order valence-electron chi connectivity index (χ2n) is 9.40. The zero-order valence-corrected chi connectivity index (χ0v) is 21.8. The van der Waals surface area contributed by atoms with Gasteiger partial charge in [0, 0.05) is 29.0 Å². The van der Waals surface area contributed by atoms with E-state index in [2.05, 4.69) is 20.9 Å². The predicted molar refractivity (Wildman–Crippen MR) is 146 cm³/mol. The summed E-state index contributed by atoms with van der Waals surface area (Å²) in [4.78, 5) is 18.3. The van der Waals surface area contributed by atoms with Gasteiger partial charge in [-0.3, -0.25) is 4.98 Å². The summed E-state index contributed by atoms with van der Waals surface area (Å²) in [5.41, 5.74) is 7.11. The molecule has 0 bridgehead atoms. The van der Waals surface area contributed by atoms with Crippen LogP contribution in [0, 0.1) is 33.5 Å². The summed E-state index contributed by atoms with van der Waals surface area (Å²) >= 11 is 5.82. The molecule has 2 aromatic heterocycles. The lowest BCUT2D eigenvalue weighted by Gasteiger charge is -2.28. The normalized spacial score (nSPS) is 17.2. The number of carbonyl (C=O) groups is 1. The fraction of sp³-hybridized carbons (Fsp3) is 0.207. The van der Waals surface area contributed by atoms with Crippen molar-refractivity contribution in [2.75, 3.05) is 4.90 Å². The van der Waals surface area contributed by atoms with E-state index in [0.717, 1.165) is 39.6 Å². The Labute approximate surface area is 220 Å². The molecule has 37 heavy (non-hydrogen) atoms. The first-order valence-electron chi connectivity index (χ1n) is 12.0. The first-order valence-corrected chi connectivity index (χ1v) is 12.4. The molecule has 0 spiro atoms. The minimum Gasteiger partial charge on any atom is -0.478 e. The highest BCUT2D eigenvalue weighted by Gasteiger charge is 2.42. The minimum atomic E-state index is -0.970. The number of aromatic carboxylic acids is 1. The van der Waals surface area contributed by atoms with Crippen LogP contribution in [0.3, 0.4) is 0 Å². The topological polar surface area (TPSA) is 70.4 Å². The van der Waals surface area contributed by atoms with Gasteiger partial charge >= 0.3 is 5.97 Å². The molecular formula is C29H27FN4O2S. The van der Waals surface area contributed by atoms with Crippen LogP contribution in [0.1, 0.15) is 56.2 Å². The Morgan fingerprint density at radius 3 is 2.49 bits per heavy atom. The van der Waals surface area contributed by atoms with Crippen LogP contribution in [0.15, 0.2) is 66.9 Å². The summed E-state index contributed by atoms with van der Waals surface area (Å²) in [6.07, 6.45) is 1.76. The number of benzene rings is 2. The number of rotatable bonds is 5. The van der Waals surface area contributed by atoms with E-state index in [0.29, 0.717) is 10.7 Å². The fourth-order valence-corrected chi connectivity index (χ4v) is 5.51. The van der Waals surface area contributed by atoms with E-state index in [1.54, 1.807) is 37.4 Å². The number of aryl methyl sites for hydroxylation is 3.